The normalized spacial score (nSPS) is 22.5. The molecule has 1 saturated heterocycles. The van der Waals surface area contributed by atoms with E-state index in [2.05, 4.69) is 55.6 Å². The van der Waals surface area contributed by atoms with Gasteiger partial charge in [0.05, 0.1) is 9.26 Å². The zero-order chi connectivity index (χ0) is 14.8. The van der Waals surface area contributed by atoms with Crippen LogP contribution in [-0.2, 0) is 16.8 Å². The highest BCUT2D eigenvalue weighted by Crippen LogP contribution is 2.35. The van der Waals surface area contributed by atoms with Gasteiger partial charge in [0, 0.05) is 13.2 Å². The number of nitrogens with zero attached hydrogens (tertiary/aromatic N) is 2. The Morgan fingerprint density at radius 1 is 1.40 bits per heavy atom. The van der Waals surface area contributed by atoms with Gasteiger partial charge < -0.3 is 10.1 Å². The first-order valence-electron chi connectivity index (χ1n) is 7.41. The molecule has 0 spiro atoms. The smallest absolute Gasteiger partial charge is 0.162 e. The highest BCUT2D eigenvalue weighted by Gasteiger charge is 2.35. The molecule has 0 saturated carbocycles. The molecule has 4 nitrogen and oxygen atoms in total. The minimum absolute atomic E-state index is 0.319. The Morgan fingerprint density at radius 2 is 2.15 bits per heavy atom. The van der Waals surface area contributed by atoms with Crippen LogP contribution in [0.25, 0.3) is 0 Å². The van der Waals surface area contributed by atoms with Crippen molar-refractivity contribution in [3.05, 3.63) is 15.1 Å². The molecule has 0 amide bonds. The van der Waals surface area contributed by atoms with Crippen molar-refractivity contribution in [1.29, 1.82) is 0 Å². The maximum atomic E-state index is 5.90. The third-order valence-corrected chi connectivity index (χ3v) is 4.69. The standard InChI is InChI=1S/C15H24IN3O/c1-5-17-13-12(16)11(9-10(2)3)18-14(19-13)15(4)7-6-8-20-15/h10H,5-9H2,1-4H3,(H,17,18,19). The van der Waals surface area contributed by atoms with Crippen molar-refractivity contribution in [3.8, 4) is 0 Å². The van der Waals surface area contributed by atoms with Gasteiger partial charge in [-0.3, -0.25) is 0 Å². The molecule has 2 heterocycles. The molecule has 0 aliphatic carbocycles. The number of nitrogens with one attached hydrogen (secondary N) is 1. The Labute approximate surface area is 135 Å². The van der Waals surface area contributed by atoms with Gasteiger partial charge in [-0.2, -0.15) is 0 Å². The van der Waals surface area contributed by atoms with E-state index in [9.17, 15) is 0 Å². The zero-order valence-electron chi connectivity index (χ0n) is 12.8. The number of hydrogen-bond donors (Lipinski definition) is 1. The highest BCUT2D eigenvalue weighted by atomic mass is 127. The van der Waals surface area contributed by atoms with Crippen LogP contribution in [0.1, 0.15) is 52.1 Å². The van der Waals surface area contributed by atoms with E-state index in [1.165, 1.54) is 0 Å². The van der Waals surface area contributed by atoms with Gasteiger partial charge >= 0.3 is 0 Å². The summed E-state index contributed by atoms with van der Waals surface area (Å²) in [4.78, 5) is 9.55. The van der Waals surface area contributed by atoms with Crippen molar-refractivity contribution in [1.82, 2.24) is 9.97 Å². The third kappa shape index (κ3) is 3.42. The monoisotopic (exact) mass is 389 g/mol. The quantitative estimate of drug-likeness (QED) is 0.780. The Hall–Kier alpha value is -0.430. The maximum absolute atomic E-state index is 5.90. The van der Waals surface area contributed by atoms with Gasteiger partial charge in [-0.1, -0.05) is 13.8 Å². The molecule has 0 aromatic carbocycles. The minimum atomic E-state index is -0.319. The van der Waals surface area contributed by atoms with Crippen LogP contribution in [0, 0.1) is 9.49 Å². The molecular weight excluding hydrogens is 365 g/mol. The van der Waals surface area contributed by atoms with E-state index in [4.69, 9.17) is 14.7 Å². The van der Waals surface area contributed by atoms with Crippen LogP contribution in [0.3, 0.4) is 0 Å². The van der Waals surface area contributed by atoms with Crippen molar-refractivity contribution in [2.75, 3.05) is 18.5 Å². The predicted molar refractivity (Wildman–Crippen MR) is 90.0 cm³/mol. The second kappa shape index (κ2) is 6.56. The molecule has 1 aliphatic rings. The summed E-state index contributed by atoms with van der Waals surface area (Å²) in [6.45, 7) is 10.3. The van der Waals surface area contributed by atoms with Gasteiger partial charge in [0.15, 0.2) is 5.82 Å². The molecule has 0 bridgehead atoms. The first-order chi connectivity index (χ1) is 9.46. The summed E-state index contributed by atoms with van der Waals surface area (Å²) in [6, 6.07) is 0. The molecule has 1 fully saturated rings. The van der Waals surface area contributed by atoms with Gasteiger partial charge in [0.2, 0.25) is 0 Å². The van der Waals surface area contributed by atoms with Crippen LogP contribution in [0.2, 0.25) is 0 Å². The molecule has 20 heavy (non-hydrogen) atoms. The molecule has 1 aromatic heterocycles. The van der Waals surface area contributed by atoms with E-state index in [1.807, 2.05) is 0 Å². The summed E-state index contributed by atoms with van der Waals surface area (Å²) in [5.74, 6) is 2.37. The first kappa shape index (κ1) is 15.9. The van der Waals surface area contributed by atoms with Crippen LogP contribution >= 0.6 is 22.6 Å². The van der Waals surface area contributed by atoms with Crippen LogP contribution in [0.15, 0.2) is 0 Å². The predicted octanol–water partition coefficient (Wildman–Crippen LogP) is 3.74. The third-order valence-electron chi connectivity index (χ3n) is 3.56. The minimum Gasteiger partial charge on any atom is -0.369 e. The summed E-state index contributed by atoms with van der Waals surface area (Å²) < 4.78 is 7.05. The summed E-state index contributed by atoms with van der Waals surface area (Å²) >= 11 is 2.35. The maximum Gasteiger partial charge on any atom is 0.162 e. The van der Waals surface area contributed by atoms with Crippen LogP contribution < -0.4 is 5.32 Å². The van der Waals surface area contributed by atoms with Gasteiger partial charge in [0.25, 0.3) is 0 Å². The van der Waals surface area contributed by atoms with E-state index in [0.29, 0.717) is 5.92 Å². The molecule has 1 aromatic rings. The Bertz CT molecular complexity index is 470. The van der Waals surface area contributed by atoms with E-state index in [1.54, 1.807) is 0 Å². The van der Waals surface area contributed by atoms with Crippen molar-refractivity contribution < 1.29 is 4.74 Å². The van der Waals surface area contributed by atoms with Crippen molar-refractivity contribution in [2.45, 2.75) is 52.6 Å². The van der Waals surface area contributed by atoms with Crippen molar-refractivity contribution in [2.24, 2.45) is 5.92 Å². The molecule has 1 aliphatic heterocycles. The van der Waals surface area contributed by atoms with E-state index < -0.39 is 0 Å². The first-order valence-corrected chi connectivity index (χ1v) is 8.49. The number of ether oxygens (including phenoxy) is 1. The van der Waals surface area contributed by atoms with Gasteiger partial charge in [-0.05, 0) is 61.6 Å². The molecule has 1 unspecified atom stereocenters. The van der Waals surface area contributed by atoms with Crippen LogP contribution in [-0.4, -0.2) is 23.1 Å². The second-order valence-electron chi connectivity index (χ2n) is 5.97. The van der Waals surface area contributed by atoms with E-state index in [0.717, 1.165) is 53.3 Å². The summed E-state index contributed by atoms with van der Waals surface area (Å²) in [5, 5.41) is 3.36. The van der Waals surface area contributed by atoms with Crippen LogP contribution in [0.4, 0.5) is 5.82 Å². The Morgan fingerprint density at radius 3 is 2.70 bits per heavy atom. The zero-order valence-corrected chi connectivity index (χ0v) is 15.0. The number of hydrogen-bond acceptors (Lipinski definition) is 4. The van der Waals surface area contributed by atoms with Crippen molar-refractivity contribution >= 4 is 28.4 Å². The Balaban J connectivity index is 2.43. The number of halogens is 1. The van der Waals surface area contributed by atoms with Crippen LogP contribution in [0.5, 0.6) is 0 Å². The largest absolute Gasteiger partial charge is 0.369 e. The molecule has 112 valence electrons. The highest BCUT2D eigenvalue weighted by molar-refractivity contribution is 14.1. The molecular formula is C15H24IN3O. The lowest BCUT2D eigenvalue weighted by Crippen LogP contribution is -2.25. The van der Waals surface area contributed by atoms with Gasteiger partial charge in [-0.25, -0.2) is 9.97 Å². The van der Waals surface area contributed by atoms with E-state index >= 15 is 0 Å². The van der Waals surface area contributed by atoms with E-state index in [-0.39, 0.29) is 5.60 Å². The lowest BCUT2D eigenvalue weighted by molar-refractivity contribution is 0.00920. The average Bonchev–Trinajstić information content (AvgIpc) is 2.82. The van der Waals surface area contributed by atoms with Gasteiger partial charge in [0.1, 0.15) is 11.4 Å². The summed E-state index contributed by atoms with van der Waals surface area (Å²) in [5.41, 5.74) is 0.818. The fourth-order valence-electron chi connectivity index (χ4n) is 2.49. The number of aromatic nitrogens is 2. The fourth-order valence-corrected chi connectivity index (χ4v) is 3.14. The summed E-state index contributed by atoms with van der Waals surface area (Å²) in [7, 11) is 0. The van der Waals surface area contributed by atoms with Gasteiger partial charge in [-0.15, -0.1) is 0 Å². The summed E-state index contributed by atoms with van der Waals surface area (Å²) in [6.07, 6.45) is 3.06. The molecule has 5 heteroatoms. The lowest BCUT2D eigenvalue weighted by atomic mass is 10.0. The second-order valence-corrected chi connectivity index (χ2v) is 7.05. The molecule has 2 rings (SSSR count). The molecule has 0 radical (unpaired) electrons. The number of anilines is 1. The lowest BCUT2D eigenvalue weighted by Gasteiger charge is -2.24. The van der Waals surface area contributed by atoms with Crippen molar-refractivity contribution in [3.63, 3.8) is 0 Å². The molecule has 1 N–H and O–H groups in total. The average molecular weight is 389 g/mol. The SMILES string of the molecule is CCNc1nc(C2(C)CCCO2)nc(CC(C)C)c1I. The Kier molecular flexibility index (Phi) is 5.23. The fraction of sp³-hybridized carbons (Fsp3) is 0.733. The number of rotatable bonds is 5. The topological polar surface area (TPSA) is 47.0 Å². The molecule has 1 atom stereocenters.